The lowest BCUT2D eigenvalue weighted by molar-refractivity contribution is -0.149. The summed E-state index contributed by atoms with van der Waals surface area (Å²) in [5, 5.41) is 11.7. The molecule has 1 aromatic carbocycles. The number of ether oxygens (including phenoxy) is 2. The van der Waals surface area contributed by atoms with Crippen LogP contribution in [0.2, 0.25) is 0 Å². The molecule has 0 radical (unpaired) electrons. The summed E-state index contributed by atoms with van der Waals surface area (Å²) in [6.45, 7) is 2.12. The monoisotopic (exact) mass is 488 g/mol. The van der Waals surface area contributed by atoms with E-state index in [1.165, 1.54) is 0 Å². The fraction of sp³-hybridized carbons (Fsp3) is 0.500. The number of carbonyl (C=O) groups excluding carboxylic acids is 1. The summed E-state index contributed by atoms with van der Waals surface area (Å²) >= 11 is 0. The van der Waals surface area contributed by atoms with E-state index in [0.29, 0.717) is 48.0 Å². The van der Waals surface area contributed by atoms with Crippen LogP contribution in [-0.4, -0.2) is 70.1 Å². The average Bonchev–Trinajstić information content (AvgIpc) is 3.24. The lowest BCUT2D eigenvalue weighted by Gasteiger charge is -2.35. The molecule has 0 unspecified atom stereocenters. The van der Waals surface area contributed by atoms with Crippen molar-refractivity contribution in [2.45, 2.75) is 44.6 Å². The topological polar surface area (TPSA) is 138 Å². The normalized spacial score (nSPS) is 15.7. The zero-order valence-corrected chi connectivity index (χ0v) is 20.0. The van der Waals surface area contributed by atoms with Gasteiger partial charge in [-0.15, -0.1) is 5.10 Å². The lowest BCUT2D eigenvalue weighted by atomic mass is 9.81. The molecule has 2 aromatic heterocycles. The first-order valence-corrected chi connectivity index (χ1v) is 13.3. The van der Waals surface area contributed by atoms with E-state index >= 15 is 0 Å². The third-order valence-corrected chi connectivity index (χ3v) is 6.64. The Morgan fingerprint density at radius 3 is 2.74 bits per heavy atom. The first-order valence-electron chi connectivity index (χ1n) is 11.3. The highest BCUT2D eigenvalue weighted by Gasteiger charge is 2.41. The van der Waals surface area contributed by atoms with Gasteiger partial charge in [-0.1, -0.05) is 30.5 Å². The van der Waals surface area contributed by atoms with Gasteiger partial charge in [0.25, 0.3) is 0 Å². The van der Waals surface area contributed by atoms with E-state index in [9.17, 15) is 13.2 Å². The van der Waals surface area contributed by atoms with Crippen LogP contribution in [0, 0.1) is 0 Å². The molecule has 1 N–H and O–H groups in total. The quantitative estimate of drug-likeness (QED) is 0.446. The molecule has 34 heavy (non-hydrogen) atoms. The zero-order valence-electron chi connectivity index (χ0n) is 19.2. The molecular formula is C22H28N6O5S. The van der Waals surface area contributed by atoms with Crippen molar-refractivity contribution >= 4 is 32.8 Å². The molecule has 1 aliphatic carbocycles. The van der Waals surface area contributed by atoms with Gasteiger partial charge >= 0.3 is 5.97 Å². The van der Waals surface area contributed by atoms with Crippen LogP contribution in [0.4, 0.5) is 5.95 Å². The Kier molecular flexibility index (Phi) is 6.96. The zero-order chi connectivity index (χ0) is 24.2. The number of hydrogen-bond acceptors (Lipinski definition) is 10. The summed E-state index contributed by atoms with van der Waals surface area (Å²) in [6, 6.07) is 6.99. The second-order valence-electron chi connectivity index (χ2n) is 8.33. The van der Waals surface area contributed by atoms with Crippen LogP contribution in [-0.2, 0) is 19.4 Å². The SMILES string of the molecule is CCOC(=O)C1(Nc2nccc(-n3nnc4c(OCCS(C)(=O)=O)cccc43)n2)CCCCC1. The van der Waals surface area contributed by atoms with E-state index in [0.717, 1.165) is 25.5 Å². The standard InChI is InChI=1S/C22H28N6O5S/c1-3-32-20(29)22(11-5-4-6-12-22)25-21-23-13-10-18(24-21)28-16-8-7-9-17(19(16)26-27-28)33-14-15-34(2,30)31/h7-10,13H,3-6,11-12,14-15H2,1-2H3,(H,23,24,25). The Balaban J connectivity index is 1.60. The largest absolute Gasteiger partial charge is 0.490 e. The molecule has 3 aromatic rings. The summed E-state index contributed by atoms with van der Waals surface area (Å²) in [5.41, 5.74) is 0.275. The summed E-state index contributed by atoms with van der Waals surface area (Å²) < 4.78 is 35.3. The highest BCUT2D eigenvalue weighted by atomic mass is 32.2. The third kappa shape index (κ3) is 5.27. The number of aromatic nitrogens is 5. The van der Waals surface area contributed by atoms with E-state index in [1.54, 1.807) is 36.0 Å². The van der Waals surface area contributed by atoms with E-state index < -0.39 is 15.4 Å². The number of nitrogens with one attached hydrogen (secondary N) is 1. The maximum absolute atomic E-state index is 12.8. The maximum Gasteiger partial charge on any atom is 0.331 e. The van der Waals surface area contributed by atoms with Gasteiger partial charge in [-0.3, -0.25) is 0 Å². The van der Waals surface area contributed by atoms with Gasteiger partial charge < -0.3 is 14.8 Å². The molecule has 11 nitrogen and oxygen atoms in total. The van der Waals surface area contributed by atoms with Crippen molar-refractivity contribution in [1.29, 1.82) is 0 Å². The van der Waals surface area contributed by atoms with E-state index in [2.05, 4.69) is 25.6 Å². The number of anilines is 1. The second kappa shape index (κ2) is 9.92. The third-order valence-electron chi connectivity index (χ3n) is 5.73. The van der Waals surface area contributed by atoms with Crippen LogP contribution < -0.4 is 10.1 Å². The van der Waals surface area contributed by atoms with Crippen LogP contribution >= 0.6 is 0 Å². The predicted octanol–water partition coefficient (Wildman–Crippen LogP) is 2.31. The van der Waals surface area contributed by atoms with Crippen LogP contribution in [0.5, 0.6) is 5.75 Å². The van der Waals surface area contributed by atoms with Crippen LogP contribution in [0.15, 0.2) is 30.5 Å². The van der Waals surface area contributed by atoms with Crippen molar-refractivity contribution in [3.8, 4) is 11.6 Å². The smallest absolute Gasteiger partial charge is 0.331 e. The summed E-state index contributed by atoms with van der Waals surface area (Å²) in [6.07, 6.45) is 6.96. The molecule has 0 spiro atoms. The highest BCUT2D eigenvalue weighted by molar-refractivity contribution is 7.90. The number of nitrogens with zero attached hydrogens (tertiary/aromatic N) is 5. The van der Waals surface area contributed by atoms with Crippen molar-refractivity contribution in [3.05, 3.63) is 30.5 Å². The number of rotatable bonds is 9. The number of sulfone groups is 1. The van der Waals surface area contributed by atoms with Crippen molar-refractivity contribution in [3.63, 3.8) is 0 Å². The first-order chi connectivity index (χ1) is 16.3. The number of benzene rings is 1. The van der Waals surface area contributed by atoms with Crippen molar-refractivity contribution in [2.75, 3.05) is 30.5 Å². The first kappa shape index (κ1) is 23.9. The van der Waals surface area contributed by atoms with Gasteiger partial charge in [0.15, 0.2) is 21.2 Å². The number of hydrogen-bond donors (Lipinski definition) is 1. The van der Waals surface area contributed by atoms with Crippen LogP contribution in [0.25, 0.3) is 16.9 Å². The minimum Gasteiger partial charge on any atom is -0.490 e. The molecule has 2 heterocycles. The Bertz CT molecular complexity index is 1270. The fourth-order valence-electron chi connectivity index (χ4n) is 4.05. The van der Waals surface area contributed by atoms with Crippen LogP contribution in [0.3, 0.4) is 0 Å². The molecule has 0 bridgehead atoms. The van der Waals surface area contributed by atoms with Gasteiger partial charge in [-0.25, -0.2) is 18.2 Å². The molecule has 1 fully saturated rings. The molecule has 0 atom stereocenters. The van der Waals surface area contributed by atoms with E-state index in [1.807, 2.05) is 6.07 Å². The molecular weight excluding hydrogens is 460 g/mol. The Morgan fingerprint density at radius 1 is 1.21 bits per heavy atom. The molecule has 12 heteroatoms. The average molecular weight is 489 g/mol. The second-order valence-corrected chi connectivity index (χ2v) is 10.6. The summed E-state index contributed by atoms with van der Waals surface area (Å²) in [5.74, 6) is 0.814. The predicted molar refractivity (Wildman–Crippen MR) is 126 cm³/mol. The fourth-order valence-corrected chi connectivity index (χ4v) is 4.44. The van der Waals surface area contributed by atoms with Crippen molar-refractivity contribution in [2.24, 2.45) is 0 Å². The van der Waals surface area contributed by atoms with Gasteiger partial charge in [0.05, 0.1) is 12.4 Å². The van der Waals surface area contributed by atoms with Gasteiger partial charge in [0.2, 0.25) is 5.95 Å². The molecule has 4 rings (SSSR count). The van der Waals surface area contributed by atoms with Crippen molar-refractivity contribution in [1.82, 2.24) is 25.0 Å². The summed E-state index contributed by atoms with van der Waals surface area (Å²) in [7, 11) is -3.14. The molecule has 182 valence electrons. The minimum atomic E-state index is -3.14. The lowest BCUT2D eigenvalue weighted by Crippen LogP contribution is -2.49. The van der Waals surface area contributed by atoms with E-state index in [4.69, 9.17) is 9.47 Å². The Hall–Kier alpha value is -3.28. The number of fused-ring (bicyclic) bond motifs is 1. The Morgan fingerprint density at radius 2 is 2.00 bits per heavy atom. The highest BCUT2D eigenvalue weighted by Crippen LogP contribution is 2.32. The maximum atomic E-state index is 12.8. The van der Waals surface area contributed by atoms with Gasteiger partial charge in [0.1, 0.15) is 23.4 Å². The molecule has 0 amide bonds. The molecule has 0 aliphatic heterocycles. The Labute approximate surface area is 197 Å². The molecule has 1 aliphatic rings. The van der Waals surface area contributed by atoms with Crippen molar-refractivity contribution < 1.29 is 22.7 Å². The number of esters is 1. The van der Waals surface area contributed by atoms with E-state index in [-0.39, 0.29) is 18.3 Å². The summed E-state index contributed by atoms with van der Waals surface area (Å²) in [4.78, 5) is 21.7. The minimum absolute atomic E-state index is 0.0162. The van der Waals surface area contributed by atoms with Gasteiger partial charge in [0, 0.05) is 18.5 Å². The number of carbonyl (C=O) groups is 1. The van der Waals surface area contributed by atoms with Gasteiger partial charge in [-0.05, 0) is 31.9 Å². The van der Waals surface area contributed by atoms with Gasteiger partial charge in [-0.2, -0.15) is 9.67 Å². The molecule has 0 saturated heterocycles. The molecule has 1 saturated carbocycles. The van der Waals surface area contributed by atoms with Crippen LogP contribution in [0.1, 0.15) is 39.0 Å².